The Morgan fingerprint density at radius 1 is 1.38 bits per heavy atom. The van der Waals surface area contributed by atoms with Gasteiger partial charge in [-0.2, -0.15) is 0 Å². The zero-order chi connectivity index (χ0) is 11.5. The molecule has 0 aromatic rings. The number of rotatable bonds is 4. The molecule has 1 unspecified atom stereocenters. The Kier molecular flexibility index (Phi) is 3.82. The Balaban J connectivity index is 1.67. The largest absolute Gasteiger partial charge is 0.341 e. The number of piperidine rings is 1. The number of carbonyl (C=O) groups is 1. The zero-order valence-electron chi connectivity index (χ0n) is 10.1. The van der Waals surface area contributed by atoms with Gasteiger partial charge in [-0.05, 0) is 45.1 Å². The minimum Gasteiger partial charge on any atom is -0.341 e. The second kappa shape index (κ2) is 5.15. The van der Waals surface area contributed by atoms with Crippen molar-refractivity contribution in [2.24, 2.45) is 11.7 Å². The number of nitrogens with zero attached hydrogens (tertiary/aromatic N) is 1. The molecule has 1 atom stereocenters. The number of carbonyl (C=O) groups excluding carboxylic acids is 1. The molecule has 0 spiro atoms. The predicted molar refractivity (Wildman–Crippen MR) is 64.0 cm³/mol. The molecule has 2 fully saturated rings. The van der Waals surface area contributed by atoms with Gasteiger partial charge in [-0.25, -0.2) is 0 Å². The van der Waals surface area contributed by atoms with E-state index in [1.807, 2.05) is 4.90 Å². The van der Waals surface area contributed by atoms with Gasteiger partial charge < -0.3 is 16.0 Å². The Hall–Kier alpha value is -0.610. The first-order valence-electron chi connectivity index (χ1n) is 6.44. The van der Waals surface area contributed by atoms with E-state index in [4.69, 9.17) is 5.73 Å². The maximum atomic E-state index is 11.7. The summed E-state index contributed by atoms with van der Waals surface area (Å²) < 4.78 is 0. The van der Waals surface area contributed by atoms with Crippen LogP contribution in [-0.2, 0) is 4.79 Å². The van der Waals surface area contributed by atoms with Crippen LogP contribution in [0.15, 0.2) is 0 Å². The molecule has 1 heterocycles. The van der Waals surface area contributed by atoms with E-state index < -0.39 is 0 Å². The van der Waals surface area contributed by atoms with E-state index in [2.05, 4.69) is 5.32 Å². The first kappa shape index (κ1) is 11.9. The van der Waals surface area contributed by atoms with Crippen LogP contribution in [0.2, 0.25) is 0 Å². The van der Waals surface area contributed by atoms with Crippen molar-refractivity contribution in [3.05, 3.63) is 0 Å². The van der Waals surface area contributed by atoms with Crippen LogP contribution in [0.1, 0.15) is 32.6 Å². The number of nitrogens with two attached hydrogens (primary N) is 1. The molecule has 2 rings (SSSR count). The Bertz CT molecular complexity index is 243. The fraction of sp³-hybridized carbons (Fsp3) is 0.917. The highest BCUT2D eigenvalue weighted by Gasteiger charge is 2.26. The Morgan fingerprint density at radius 2 is 2.00 bits per heavy atom. The highest BCUT2D eigenvalue weighted by Crippen LogP contribution is 2.28. The monoisotopic (exact) mass is 225 g/mol. The Morgan fingerprint density at radius 3 is 2.50 bits per heavy atom. The highest BCUT2D eigenvalue weighted by molar-refractivity contribution is 5.81. The van der Waals surface area contributed by atoms with E-state index in [0.29, 0.717) is 6.04 Å². The molecule has 4 heteroatoms. The lowest BCUT2D eigenvalue weighted by molar-refractivity contribution is -0.133. The summed E-state index contributed by atoms with van der Waals surface area (Å²) in [5.41, 5.74) is 5.60. The first-order valence-corrected chi connectivity index (χ1v) is 6.44. The van der Waals surface area contributed by atoms with Gasteiger partial charge >= 0.3 is 0 Å². The van der Waals surface area contributed by atoms with Crippen molar-refractivity contribution in [3.63, 3.8) is 0 Å². The molecule has 1 aliphatic heterocycles. The highest BCUT2D eigenvalue weighted by atomic mass is 16.2. The van der Waals surface area contributed by atoms with Gasteiger partial charge in [0, 0.05) is 19.1 Å². The van der Waals surface area contributed by atoms with Crippen molar-refractivity contribution in [2.45, 2.75) is 44.7 Å². The fourth-order valence-electron chi connectivity index (χ4n) is 2.25. The molecule has 2 aliphatic rings. The third-order valence-corrected chi connectivity index (χ3v) is 3.59. The van der Waals surface area contributed by atoms with Crippen LogP contribution in [0.5, 0.6) is 0 Å². The maximum Gasteiger partial charge on any atom is 0.239 e. The van der Waals surface area contributed by atoms with Crippen molar-refractivity contribution in [3.8, 4) is 0 Å². The summed E-state index contributed by atoms with van der Waals surface area (Å²) in [6, 6.07) is 0.258. The van der Waals surface area contributed by atoms with Crippen LogP contribution in [0, 0.1) is 5.92 Å². The second-order valence-electron chi connectivity index (χ2n) is 5.24. The molecular formula is C12H23N3O. The lowest BCUT2D eigenvalue weighted by Crippen LogP contribution is -2.49. The lowest BCUT2D eigenvalue weighted by atomic mass is 10.0. The zero-order valence-corrected chi connectivity index (χ0v) is 10.1. The summed E-state index contributed by atoms with van der Waals surface area (Å²) >= 11 is 0. The Labute approximate surface area is 97.6 Å². The van der Waals surface area contributed by atoms with E-state index in [1.165, 1.54) is 19.4 Å². The van der Waals surface area contributed by atoms with E-state index >= 15 is 0 Å². The van der Waals surface area contributed by atoms with Crippen molar-refractivity contribution >= 4 is 5.91 Å². The smallest absolute Gasteiger partial charge is 0.239 e. The van der Waals surface area contributed by atoms with Gasteiger partial charge in [0.15, 0.2) is 0 Å². The topological polar surface area (TPSA) is 58.4 Å². The average Bonchev–Trinajstić information content (AvgIpc) is 3.10. The maximum absolute atomic E-state index is 11.7. The molecule has 92 valence electrons. The van der Waals surface area contributed by atoms with Gasteiger partial charge in [0.05, 0.1) is 6.04 Å². The van der Waals surface area contributed by atoms with Crippen molar-refractivity contribution < 1.29 is 4.79 Å². The average molecular weight is 225 g/mol. The van der Waals surface area contributed by atoms with Crippen LogP contribution in [0.25, 0.3) is 0 Å². The van der Waals surface area contributed by atoms with Gasteiger partial charge in [-0.3, -0.25) is 4.79 Å². The van der Waals surface area contributed by atoms with Crippen molar-refractivity contribution in [1.82, 2.24) is 10.2 Å². The van der Waals surface area contributed by atoms with E-state index in [-0.39, 0.29) is 11.9 Å². The molecule has 0 bridgehead atoms. The van der Waals surface area contributed by atoms with Gasteiger partial charge in [0.2, 0.25) is 5.91 Å². The predicted octanol–water partition coefficient (Wildman–Crippen LogP) is 0.324. The second-order valence-corrected chi connectivity index (χ2v) is 5.24. The molecule has 1 saturated heterocycles. The normalized spacial score (nSPS) is 24.5. The third kappa shape index (κ3) is 3.19. The minimum absolute atomic E-state index is 0.0978. The quantitative estimate of drug-likeness (QED) is 0.724. The summed E-state index contributed by atoms with van der Waals surface area (Å²) in [5.74, 6) is 1.03. The summed E-state index contributed by atoms with van der Waals surface area (Å²) in [7, 11) is 0. The molecule has 4 nitrogen and oxygen atoms in total. The molecule has 3 N–H and O–H groups in total. The standard InChI is InChI=1S/C12H23N3O/c1-9(13)12(16)15-6-4-11(5-7-15)14-8-10-2-3-10/h9-11,14H,2-8,13H2,1H3. The molecule has 0 aromatic heterocycles. The number of likely N-dealkylation sites (tertiary alicyclic amines) is 1. The van der Waals surface area contributed by atoms with Gasteiger partial charge in [-0.15, -0.1) is 0 Å². The third-order valence-electron chi connectivity index (χ3n) is 3.59. The minimum atomic E-state index is -0.351. The van der Waals surface area contributed by atoms with Crippen molar-refractivity contribution in [2.75, 3.05) is 19.6 Å². The molecule has 0 radical (unpaired) electrons. The van der Waals surface area contributed by atoms with Crippen LogP contribution < -0.4 is 11.1 Å². The number of nitrogens with one attached hydrogen (secondary N) is 1. The molecule has 1 saturated carbocycles. The van der Waals surface area contributed by atoms with Crippen LogP contribution in [0.4, 0.5) is 0 Å². The molecule has 1 aliphatic carbocycles. The fourth-order valence-corrected chi connectivity index (χ4v) is 2.25. The number of hydrogen-bond acceptors (Lipinski definition) is 3. The summed E-state index contributed by atoms with van der Waals surface area (Å²) in [6.45, 7) is 4.66. The number of amides is 1. The summed E-state index contributed by atoms with van der Waals surface area (Å²) in [6.07, 6.45) is 4.94. The molecular weight excluding hydrogens is 202 g/mol. The van der Waals surface area contributed by atoms with Crippen LogP contribution >= 0.6 is 0 Å². The lowest BCUT2D eigenvalue weighted by Gasteiger charge is -2.33. The summed E-state index contributed by atoms with van der Waals surface area (Å²) in [4.78, 5) is 13.6. The van der Waals surface area contributed by atoms with Gasteiger partial charge in [-0.1, -0.05) is 0 Å². The first-order chi connectivity index (χ1) is 7.66. The SMILES string of the molecule is CC(N)C(=O)N1CCC(NCC2CC2)CC1. The van der Waals surface area contributed by atoms with Crippen LogP contribution in [0.3, 0.4) is 0 Å². The molecule has 16 heavy (non-hydrogen) atoms. The molecule has 1 amide bonds. The van der Waals surface area contributed by atoms with E-state index in [1.54, 1.807) is 6.92 Å². The van der Waals surface area contributed by atoms with Gasteiger partial charge in [0.1, 0.15) is 0 Å². The number of hydrogen-bond donors (Lipinski definition) is 2. The summed E-state index contributed by atoms with van der Waals surface area (Å²) in [5, 5.41) is 3.60. The van der Waals surface area contributed by atoms with E-state index in [0.717, 1.165) is 31.8 Å². The van der Waals surface area contributed by atoms with Gasteiger partial charge in [0.25, 0.3) is 0 Å². The molecule has 0 aromatic carbocycles. The van der Waals surface area contributed by atoms with Crippen LogP contribution in [-0.4, -0.2) is 42.5 Å². The van der Waals surface area contributed by atoms with E-state index in [9.17, 15) is 4.79 Å². The van der Waals surface area contributed by atoms with Crippen molar-refractivity contribution in [1.29, 1.82) is 0 Å².